The normalized spacial score (nSPS) is 10.3. The third-order valence-corrected chi connectivity index (χ3v) is 1.39. The molecule has 0 radical (unpaired) electrons. The van der Waals surface area contributed by atoms with Gasteiger partial charge in [-0.25, -0.2) is 4.98 Å². The van der Waals surface area contributed by atoms with Crippen LogP contribution in [0.2, 0.25) is 5.28 Å². The Morgan fingerprint density at radius 3 is 3.00 bits per heavy atom. The second-order valence-electron chi connectivity index (χ2n) is 1.95. The minimum atomic E-state index is 0.156. The molecule has 0 aliphatic carbocycles. The van der Waals surface area contributed by atoms with Crippen LogP contribution in [0.15, 0.2) is 18.5 Å². The van der Waals surface area contributed by atoms with E-state index in [1.807, 2.05) is 0 Å². The topological polar surface area (TPSA) is 51.6 Å². The standard InChI is InChI=1S/C6H3ClN4/c7-6-9-4-1-2-8-3-5(4)10-11-6/h1-3H. The van der Waals surface area contributed by atoms with Crippen LogP contribution in [0.25, 0.3) is 11.0 Å². The molecule has 0 aromatic carbocycles. The average Bonchev–Trinajstić information content (AvgIpc) is 2.04. The van der Waals surface area contributed by atoms with Crippen molar-refractivity contribution in [3.05, 3.63) is 23.7 Å². The Morgan fingerprint density at radius 1 is 1.18 bits per heavy atom. The summed E-state index contributed by atoms with van der Waals surface area (Å²) in [6.45, 7) is 0. The van der Waals surface area contributed by atoms with Crippen LogP contribution in [-0.4, -0.2) is 20.2 Å². The second kappa shape index (κ2) is 2.39. The van der Waals surface area contributed by atoms with Gasteiger partial charge >= 0.3 is 0 Å². The van der Waals surface area contributed by atoms with Crippen molar-refractivity contribution in [2.45, 2.75) is 0 Å². The summed E-state index contributed by atoms with van der Waals surface area (Å²) >= 11 is 5.51. The molecule has 0 spiro atoms. The lowest BCUT2D eigenvalue weighted by molar-refractivity contribution is 1.02. The van der Waals surface area contributed by atoms with Gasteiger partial charge in [0.25, 0.3) is 0 Å². The van der Waals surface area contributed by atoms with Crippen LogP contribution in [0.3, 0.4) is 0 Å². The number of hydrogen-bond donors (Lipinski definition) is 0. The number of nitrogens with zero attached hydrogens (tertiary/aromatic N) is 4. The zero-order valence-corrected chi connectivity index (χ0v) is 6.15. The number of halogens is 1. The van der Waals surface area contributed by atoms with Crippen molar-refractivity contribution in [3.8, 4) is 0 Å². The fraction of sp³-hybridized carbons (Fsp3) is 0. The van der Waals surface area contributed by atoms with Gasteiger partial charge in [-0.1, -0.05) is 0 Å². The van der Waals surface area contributed by atoms with Gasteiger partial charge in [0, 0.05) is 6.20 Å². The first-order valence-corrected chi connectivity index (χ1v) is 3.34. The smallest absolute Gasteiger partial charge is 0.243 e. The summed E-state index contributed by atoms with van der Waals surface area (Å²) in [5.74, 6) is 0. The summed E-state index contributed by atoms with van der Waals surface area (Å²) in [5.41, 5.74) is 1.36. The third kappa shape index (κ3) is 1.12. The Balaban J connectivity index is 2.83. The van der Waals surface area contributed by atoms with E-state index in [1.54, 1.807) is 18.5 Å². The van der Waals surface area contributed by atoms with Crippen LogP contribution in [0.1, 0.15) is 0 Å². The van der Waals surface area contributed by atoms with Gasteiger partial charge in [-0.05, 0) is 17.7 Å². The average molecular weight is 167 g/mol. The zero-order valence-electron chi connectivity index (χ0n) is 5.40. The fourth-order valence-corrected chi connectivity index (χ4v) is 0.896. The molecule has 0 N–H and O–H groups in total. The highest BCUT2D eigenvalue weighted by Crippen LogP contribution is 2.06. The van der Waals surface area contributed by atoms with Crippen LogP contribution >= 0.6 is 11.6 Å². The Labute approximate surface area is 67.3 Å². The molecule has 0 saturated carbocycles. The summed E-state index contributed by atoms with van der Waals surface area (Å²) in [7, 11) is 0. The van der Waals surface area contributed by atoms with Crippen molar-refractivity contribution in [3.63, 3.8) is 0 Å². The first-order valence-electron chi connectivity index (χ1n) is 2.96. The molecule has 4 nitrogen and oxygen atoms in total. The lowest BCUT2D eigenvalue weighted by Crippen LogP contribution is -1.89. The minimum absolute atomic E-state index is 0.156. The lowest BCUT2D eigenvalue weighted by Gasteiger charge is -1.91. The molecule has 2 heterocycles. The van der Waals surface area contributed by atoms with Crippen molar-refractivity contribution in [2.75, 3.05) is 0 Å². The van der Waals surface area contributed by atoms with Crippen LogP contribution in [-0.2, 0) is 0 Å². The maximum atomic E-state index is 5.51. The first kappa shape index (κ1) is 6.42. The molecule has 0 aliphatic rings. The lowest BCUT2D eigenvalue weighted by atomic mass is 10.4. The monoisotopic (exact) mass is 166 g/mol. The number of rotatable bonds is 0. The molecule has 0 unspecified atom stereocenters. The third-order valence-electron chi connectivity index (χ3n) is 1.23. The van der Waals surface area contributed by atoms with Crippen molar-refractivity contribution >= 4 is 22.6 Å². The van der Waals surface area contributed by atoms with E-state index < -0.39 is 0 Å². The summed E-state index contributed by atoms with van der Waals surface area (Å²) in [5, 5.41) is 7.50. The Morgan fingerprint density at radius 2 is 2.09 bits per heavy atom. The number of aromatic nitrogens is 4. The molecule has 0 amide bonds. The second-order valence-corrected chi connectivity index (χ2v) is 2.28. The van der Waals surface area contributed by atoms with E-state index in [0.29, 0.717) is 11.0 Å². The molecular weight excluding hydrogens is 164 g/mol. The van der Waals surface area contributed by atoms with Gasteiger partial charge in [-0.3, -0.25) is 4.98 Å². The predicted molar refractivity (Wildman–Crippen MR) is 40.1 cm³/mol. The minimum Gasteiger partial charge on any atom is -0.262 e. The molecule has 0 aliphatic heterocycles. The highest BCUT2D eigenvalue weighted by molar-refractivity contribution is 6.28. The van der Waals surface area contributed by atoms with Crippen molar-refractivity contribution in [2.24, 2.45) is 0 Å². The van der Waals surface area contributed by atoms with E-state index in [-0.39, 0.29) is 5.28 Å². The van der Waals surface area contributed by atoms with Crippen LogP contribution in [0, 0.1) is 0 Å². The Bertz CT molecular complexity index is 389. The van der Waals surface area contributed by atoms with E-state index in [9.17, 15) is 0 Å². The molecule has 0 bridgehead atoms. The van der Waals surface area contributed by atoms with E-state index in [2.05, 4.69) is 20.2 Å². The molecule has 0 saturated heterocycles. The quantitative estimate of drug-likeness (QED) is 0.588. The summed E-state index contributed by atoms with van der Waals surface area (Å²) < 4.78 is 0. The van der Waals surface area contributed by atoms with Crippen LogP contribution in [0.5, 0.6) is 0 Å². The van der Waals surface area contributed by atoms with Crippen LogP contribution < -0.4 is 0 Å². The summed E-state index contributed by atoms with van der Waals surface area (Å²) in [6.07, 6.45) is 3.22. The predicted octanol–water partition coefficient (Wildman–Crippen LogP) is 1.07. The first-order chi connectivity index (χ1) is 5.36. The van der Waals surface area contributed by atoms with E-state index >= 15 is 0 Å². The largest absolute Gasteiger partial charge is 0.262 e. The molecule has 2 rings (SSSR count). The highest BCUT2D eigenvalue weighted by Gasteiger charge is 1.96. The molecule has 5 heteroatoms. The molecule has 54 valence electrons. The Hall–Kier alpha value is -1.29. The van der Waals surface area contributed by atoms with Crippen molar-refractivity contribution in [1.82, 2.24) is 20.2 Å². The zero-order chi connectivity index (χ0) is 7.68. The number of pyridine rings is 1. The maximum absolute atomic E-state index is 5.51. The summed E-state index contributed by atoms with van der Waals surface area (Å²) in [6, 6.07) is 1.73. The molecule has 0 fully saturated rings. The summed E-state index contributed by atoms with van der Waals surface area (Å²) in [4.78, 5) is 7.78. The molecule has 11 heavy (non-hydrogen) atoms. The van der Waals surface area contributed by atoms with Gasteiger partial charge in [0.05, 0.1) is 11.7 Å². The van der Waals surface area contributed by atoms with Gasteiger partial charge in [0.1, 0.15) is 5.52 Å². The van der Waals surface area contributed by atoms with Gasteiger partial charge in [0.15, 0.2) is 0 Å². The fourth-order valence-electron chi connectivity index (χ4n) is 0.767. The highest BCUT2D eigenvalue weighted by atomic mass is 35.5. The van der Waals surface area contributed by atoms with Crippen molar-refractivity contribution in [1.29, 1.82) is 0 Å². The maximum Gasteiger partial charge on any atom is 0.243 e. The molecule has 2 aromatic heterocycles. The van der Waals surface area contributed by atoms with Gasteiger partial charge in [-0.2, -0.15) is 0 Å². The number of fused-ring (bicyclic) bond motifs is 1. The van der Waals surface area contributed by atoms with E-state index in [0.717, 1.165) is 0 Å². The van der Waals surface area contributed by atoms with Gasteiger partial charge in [-0.15, -0.1) is 10.2 Å². The van der Waals surface area contributed by atoms with Gasteiger partial charge < -0.3 is 0 Å². The SMILES string of the molecule is Clc1nnc2cnccc2n1. The van der Waals surface area contributed by atoms with Crippen LogP contribution in [0.4, 0.5) is 0 Å². The van der Waals surface area contributed by atoms with Gasteiger partial charge in [0.2, 0.25) is 5.28 Å². The molecular formula is C6H3ClN4. The molecule has 2 aromatic rings. The molecule has 0 atom stereocenters. The van der Waals surface area contributed by atoms with E-state index in [1.165, 1.54) is 0 Å². The van der Waals surface area contributed by atoms with E-state index in [4.69, 9.17) is 11.6 Å². The Kier molecular flexibility index (Phi) is 1.40. The number of hydrogen-bond acceptors (Lipinski definition) is 4. The van der Waals surface area contributed by atoms with Crippen molar-refractivity contribution < 1.29 is 0 Å².